The van der Waals surface area contributed by atoms with Crippen molar-refractivity contribution in [2.45, 2.75) is 56.5 Å². The van der Waals surface area contributed by atoms with Crippen LogP contribution in [0.3, 0.4) is 0 Å². The summed E-state index contributed by atoms with van der Waals surface area (Å²) in [6, 6.07) is 12.4. The average Bonchev–Trinajstić information content (AvgIpc) is 3.16. The minimum Gasteiger partial charge on any atom is -0.612 e. The van der Waals surface area contributed by atoms with Gasteiger partial charge < -0.3 is 14.0 Å². The molecule has 5 nitrogen and oxygen atoms in total. The van der Waals surface area contributed by atoms with Crippen molar-refractivity contribution >= 4 is 17.3 Å². The lowest BCUT2D eigenvalue weighted by atomic mass is 9.92. The van der Waals surface area contributed by atoms with Gasteiger partial charge in [0, 0.05) is 17.7 Å². The van der Waals surface area contributed by atoms with Gasteiger partial charge in [0.2, 0.25) is 0 Å². The summed E-state index contributed by atoms with van der Waals surface area (Å²) in [5.41, 5.74) is 1.16. The van der Waals surface area contributed by atoms with Gasteiger partial charge in [-0.2, -0.15) is 13.2 Å². The van der Waals surface area contributed by atoms with Crippen LogP contribution in [0.25, 0.3) is 11.1 Å². The SMILES string of the molecule is COc1cc(F)c(C(C)C)cc1-c1ccc(C(F)(F)F)cc1CN1C(=O)O[C@H](c2cccc([S+](C)[O-])c2)[C@@H]1C. The second-order valence-electron chi connectivity index (χ2n) is 9.80. The average molecular weight is 564 g/mol. The van der Waals surface area contributed by atoms with Crippen molar-refractivity contribution in [3.05, 3.63) is 82.7 Å². The molecule has 3 aromatic carbocycles. The van der Waals surface area contributed by atoms with Gasteiger partial charge in [0.15, 0.2) is 4.90 Å². The Morgan fingerprint density at radius 2 is 1.82 bits per heavy atom. The maximum Gasteiger partial charge on any atom is 0.416 e. The molecule has 39 heavy (non-hydrogen) atoms. The summed E-state index contributed by atoms with van der Waals surface area (Å²) in [4.78, 5) is 14.9. The largest absolute Gasteiger partial charge is 0.612 e. The third-order valence-electron chi connectivity index (χ3n) is 6.91. The van der Waals surface area contributed by atoms with Crippen LogP contribution < -0.4 is 4.74 Å². The Kier molecular flexibility index (Phi) is 8.18. The van der Waals surface area contributed by atoms with Crippen LogP contribution in [0.15, 0.2) is 59.5 Å². The first-order chi connectivity index (χ1) is 18.3. The highest BCUT2D eigenvalue weighted by molar-refractivity contribution is 7.90. The monoisotopic (exact) mass is 563 g/mol. The van der Waals surface area contributed by atoms with E-state index >= 15 is 0 Å². The zero-order valence-electron chi connectivity index (χ0n) is 22.1. The molecule has 1 heterocycles. The van der Waals surface area contributed by atoms with E-state index in [9.17, 15) is 26.9 Å². The predicted molar refractivity (Wildman–Crippen MR) is 140 cm³/mol. The number of hydrogen-bond acceptors (Lipinski definition) is 4. The first-order valence-corrected chi connectivity index (χ1v) is 13.9. The molecule has 10 heteroatoms. The molecular formula is C29H29F4NO4S. The molecule has 0 N–H and O–H groups in total. The number of methoxy groups -OCH3 is 1. The Bertz CT molecular complexity index is 1380. The topological polar surface area (TPSA) is 61.8 Å². The van der Waals surface area contributed by atoms with Crippen molar-refractivity contribution in [2.24, 2.45) is 0 Å². The third-order valence-corrected chi connectivity index (χ3v) is 7.83. The second kappa shape index (κ2) is 11.1. The summed E-state index contributed by atoms with van der Waals surface area (Å²) < 4.78 is 78.8. The van der Waals surface area contributed by atoms with E-state index in [1.807, 2.05) is 13.8 Å². The van der Waals surface area contributed by atoms with Crippen molar-refractivity contribution < 1.29 is 36.4 Å². The lowest BCUT2D eigenvalue weighted by molar-refractivity contribution is -0.137. The fourth-order valence-corrected chi connectivity index (χ4v) is 5.34. The molecule has 0 saturated carbocycles. The number of hydrogen-bond donors (Lipinski definition) is 0. The number of benzene rings is 3. The number of carbonyl (C=O) groups excluding carboxylic acids is 1. The Balaban J connectivity index is 1.78. The molecule has 4 rings (SSSR count). The smallest absolute Gasteiger partial charge is 0.416 e. The van der Waals surface area contributed by atoms with E-state index in [1.54, 1.807) is 43.5 Å². The molecule has 1 amide bonds. The van der Waals surface area contributed by atoms with E-state index < -0.39 is 47.0 Å². The number of alkyl halides is 3. The van der Waals surface area contributed by atoms with Gasteiger partial charge in [-0.05, 0) is 70.5 Å². The molecule has 0 aliphatic carbocycles. The van der Waals surface area contributed by atoms with Crippen molar-refractivity contribution in [2.75, 3.05) is 13.4 Å². The van der Waals surface area contributed by atoms with E-state index in [2.05, 4.69) is 0 Å². The maximum absolute atomic E-state index is 14.7. The summed E-state index contributed by atoms with van der Waals surface area (Å²) in [6.07, 6.45) is -4.46. The van der Waals surface area contributed by atoms with E-state index in [-0.39, 0.29) is 23.8 Å². The first-order valence-electron chi connectivity index (χ1n) is 12.3. The fourth-order valence-electron chi connectivity index (χ4n) is 4.77. The van der Waals surface area contributed by atoms with E-state index in [4.69, 9.17) is 9.47 Å². The predicted octanol–water partition coefficient (Wildman–Crippen LogP) is 7.46. The van der Waals surface area contributed by atoms with E-state index in [1.165, 1.54) is 24.1 Å². The van der Waals surface area contributed by atoms with Crippen molar-refractivity contribution in [1.29, 1.82) is 0 Å². The van der Waals surface area contributed by atoms with Gasteiger partial charge in [0.25, 0.3) is 0 Å². The van der Waals surface area contributed by atoms with Gasteiger partial charge in [-0.15, -0.1) is 0 Å². The quantitative estimate of drug-likeness (QED) is 0.221. The molecule has 1 unspecified atom stereocenters. The molecular weight excluding hydrogens is 534 g/mol. The van der Waals surface area contributed by atoms with Gasteiger partial charge >= 0.3 is 12.3 Å². The highest BCUT2D eigenvalue weighted by atomic mass is 32.2. The molecule has 1 fully saturated rings. The van der Waals surface area contributed by atoms with Crippen LogP contribution in [-0.2, 0) is 28.6 Å². The van der Waals surface area contributed by atoms with Crippen molar-refractivity contribution in [3.63, 3.8) is 0 Å². The number of ether oxygens (including phenoxy) is 2. The Morgan fingerprint density at radius 3 is 2.44 bits per heavy atom. The summed E-state index contributed by atoms with van der Waals surface area (Å²) in [6.45, 7) is 5.18. The minimum atomic E-state index is -4.61. The number of halogens is 4. The molecule has 1 aliphatic rings. The summed E-state index contributed by atoms with van der Waals surface area (Å²) in [7, 11) is 1.36. The van der Waals surface area contributed by atoms with Crippen LogP contribution in [-0.4, -0.2) is 35.0 Å². The Morgan fingerprint density at radius 1 is 1.10 bits per heavy atom. The van der Waals surface area contributed by atoms with Gasteiger partial charge in [0.05, 0.1) is 25.3 Å². The number of carbonyl (C=O) groups is 1. The first kappa shape index (κ1) is 28.8. The molecule has 0 aromatic heterocycles. The summed E-state index contributed by atoms with van der Waals surface area (Å²) in [5, 5.41) is 0. The third kappa shape index (κ3) is 5.86. The molecule has 0 bridgehead atoms. The Hall–Kier alpha value is -3.24. The highest BCUT2D eigenvalue weighted by Gasteiger charge is 2.41. The van der Waals surface area contributed by atoms with Gasteiger partial charge in [-0.1, -0.05) is 32.0 Å². The zero-order chi connectivity index (χ0) is 28.6. The van der Waals surface area contributed by atoms with Crippen LogP contribution in [0.2, 0.25) is 0 Å². The fraction of sp³-hybridized carbons (Fsp3) is 0.345. The lowest BCUT2D eigenvalue weighted by Crippen LogP contribution is -2.31. The van der Waals surface area contributed by atoms with Crippen LogP contribution in [0, 0.1) is 5.82 Å². The number of nitrogens with zero attached hydrogens (tertiary/aromatic N) is 1. The van der Waals surface area contributed by atoms with Crippen molar-refractivity contribution in [1.82, 2.24) is 4.90 Å². The van der Waals surface area contributed by atoms with Crippen LogP contribution in [0.5, 0.6) is 5.75 Å². The van der Waals surface area contributed by atoms with Gasteiger partial charge in [-0.25, -0.2) is 9.18 Å². The van der Waals surface area contributed by atoms with E-state index in [0.717, 1.165) is 12.1 Å². The molecule has 1 saturated heterocycles. The molecule has 0 spiro atoms. The Labute approximate surface area is 227 Å². The lowest BCUT2D eigenvalue weighted by Gasteiger charge is -2.24. The van der Waals surface area contributed by atoms with Gasteiger partial charge in [-0.3, -0.25) is 4.90 Å². The van der Waals surface area contributed by atoms with Crippen LogP contribution in [0.1, 0.15) is 55.0 Å². The molecule has 0 radical (unpaired) electrons. The van der Waals surface area contributed by atoms with E-state index in [0.29, 0.717) is 27.1 Å². The molecule has 3 aromatic rings. The highest BCUT2D eigenvalue weighted by Crippen LogP contribution is 2.41. The molecule has 1 aliphatic heterocycles. The molecule has 3 atom stereocenters. The maximum atomic E-state index is 14.7. The number of rotatable bonds is 7. The minimum absolute atomic E-state index is 0.164. The second-order valence-corrected chi connectivity index (χ2v) is 11.2. The number of cyclic esters (lactones) is 1. The standard InChI is InChI=1S/C29H29F4NO4S/c1-16(2)23-13-24(26(37-4)14-25(23)30)22-10-9-20(29(31,32)33)11-19(22)15-34-17(3)27(38-28(34)35)18-7-6-8-21(12-18)39(5)36/h6-14,16-17,27H,15H2,1-5H3/t17-,27-,39?/m0/s1. The zero-order valence-corrected chi connectivity index (χ0v) is 23.0. The number of amides is 1. The van der Waals surface area contributed by atoms with Gasteiger partial charge in [0.1, 0.15) is 23.9 Å². The van der Waals surface area contributed by atoms with Crippen LogP contribution >= 0.6 is 0 Å². The summed E-state index contributed by atoms with van der Waals surface area (Å²) >= 11 is -1.24. The van der Waals surface area contributed by atoms with Crippen LogP contribution in [0.4, 0.5) is 22.4 Å². The molecule has 208 valence electrons. The normalized spacial score (nSPS) is 18.4. The van der Waals surface area contributed by atoms with Crippen molar-refractivity contribution in [3.8, 4) is 16.9 Å². The summed E-state index contributed by atoms with van der Waals surface area (Å²) in [5.74, 6) is -0.499.